The molecular weight excluding hydrogens is 653 g/mol. The molecule has 0 atom stereocenters. The van der Waals surface area contributed by atoms with Crippen LogP contribution >= 0.6 is 0 Å². The summed E-state index contributed by atoms with van der Waals surface area (Å²) in [6, 6.07) is 7.84. The van der Waals surface area contributed by atoms with Crippen LogP contribution in [-0.4, -0.2) is 92.6 Å². The first-order chi connectivity index (χ1) is 24.0. The van der Waals surface area contributed by atoms with Crippen LogP contribution in [0.1, 0.15) is 61.1 Å². The largest absolute Gasteiger partial charge is 0.378 e. The zero-order valence-electron chi connectivity index (χ0n) is 37.0. The lowest BCUT2D eigenvalue weighted by Crippen LogP contribution is -2.72. The Morgan fingerprint density at radius 3 is 0.769 bits per heavy atom. The summed E-state index contributed by atoms with van der Waals surface area (Å²) in [7, 11) is 23.6. The predicted molar refractivity (Wildman–Crippen MR) is 239 cm³/mol. The highest BCUT2D eigenvalue weighted by atomic mass is 28.3. The average Bonchev–Trinajstić information content (AvgIpc) is 3.23. The molecule has 6 nitrogen and oxygen atoms in total. The van der Waals surface area contributed by atoms with E-state index in [1.54, 1.807) is 0 Å². The number of nitrogens with zero attached hydrogens (tertiary/aromatic N) is 6. The third kappa shape index (κ3) is 6.11. The van der Waals surface area contributed by atoms with Crippen LogP contribution in [0.15, 0.2) is 40.5 Å². The van der Waals surface area contributed by atoms with Gasteiger partial charge in [0.2, 0.25) is 0 Å². The molecule has 1 aliphatic rings. The van der Waals surface area contributed by atoms with Gasteiger partial charge in [-0.05, 0) is 148 Å². The summed E-state index contributed by atoms with van der Waals surface area (Å²) in [6.07, 6.45) is 0. The Morgan fingerprint density at radius 1 is 0.346 bits per heavy atom. The Morgan fingerprint density at radius 2 is 0.577 bits per heavy atom. The zero-order chi connectivity index (χ0) is 39.6. The van der Waals surface area contributed by atoms with Crippen molar-refractivity contribution < 1.29 is 0 Å². The van der Waals surface area contributed by atoms with Crippen molar-refractivity contribution in [2.75, 3.05) is 114 Å². The highest BCUT2D eigenvalue weighted by molar-refractivity contribution is 7.15. The van der Waals surface area contributed by atoms with E-state index in [0.29, 0.717) is 0 Å². The molecule has 0 N–H and O–H groups in total. The number of rotatable bonds is 10. The molecule has 3 aromatic carbocycles. The first-order valence-corrected chi connectivity index (χ1v) is 20.9. The smallest absolute Gasteiger partial charge is 0.167 e. The first kappa shape index (κ1) is 40.9. The number of hydrogen-bond acceptors (Lipinski definition) is 6. The van der Waals surface area contributed by atoms with Crippen molar-refractivity contribution in [1.82, 2.24) is 0 Å². The molecule has 1 aliphatic carbocycles. The summed E-state index contributed by atoms with van der Waals surface area (Å²) < 4.78 is 0. The lowest BCUT2D eigenvalue weighted by Gasteiger charge is -2.47. The molecule has 0 amide bonds. The van der Waals surface area contributed by atoms with Crippen molar-refractivity contribution >= 4 is 57.8 Å². The lowest BCUT2D eigenvalue weighted by molar-refractivity contribution is 1.05. The van der Waals surface area contributed by atoms with Gasteiger partial charge in [-0.2, -0.15) is 0 Å². The van der Waals surface area contributed by atoms with E-state index in [0.717, 1.165) is 0 Å². The molecule has 0 spiro atoms. The van der Waals surface area contributed by atoms with E-state index < -0.39 is 8.07 Å². The lowest BCUT2D eigenvalue weighted by atomic mass is 10.0. The Labute approximate surface area is 319 Å². The van der Waals surface area contributed by atoms with Gasteiger partial charge >= 0.3 is 0 Å². The molecule has 0 saturated carbocycles. The van der Waals surface area contributed by atoms with Gasteiger partial charge in [-0.25, -0.2) is 0 Å². The molecule has 0 unspecified atom stereocenters. The van der Waals surface area contributed by atoms with E-state index in [1.807, 2.05) is 0 Å². The topological polar surface area (TPSA) is 19.4 Å². The summed E-state index contributed by atoms with van der Waals surface area (Å²) in [5.74, 6) is 0. The van der Waals surface area contributed by atoms with Gasteiger partial charge < -0.3 is 29.4 Å². The minimum Gasteiger partial charge on any atom is -0.378 e. The number of hydrogen-bond donors (Lipinski definition) is 0. The standard InChI is InChI=1S/C45H70N6Si/c1-26-27(2)35(10)45(34(26)9)52(39-23-36(46(11)12)28(3)31(6)42(39)49(17)18,40-24-37(47(13)14)29(4)32(7)43(40)50(19)20)41-25-38(48(15)16)30(5)33(8)44(41)51(21)22/h23-25,45H,1-22H3. The Balaban J connectivity index is 2.68. The molecule has 3 aromatic rings. The normalized spacial score (nSPS) is 13.7. The van der Waals surface area contributed by atoms with E-state index in [2.05, 4.69) is 201 Å². The van der Waals surface area contributed by atoms with Crippen LogP contribution in [-0.2, 0) is 0 Å². The van der Waals surface area contributed by atoms with Gasteiger partial charge in [-0.1, -0.05) is 11.1 Å². The maximum Gasteiger partial charge on any atom is 0.167 e. The molecule has 4 rings (SSSR count). The number of anilines is 6. The van der Waals surface area contributed by atoms with Crippen molar-refractivity contribution in [3.05, 3.63) is 73.9 Å². The number of benzene rings is 3. The van der Waals surface area contributed by atoms with E-state index >= 15 is 0 Å². The fraction of sp³-hybridized carbons (Fsp3) is 0.511. The highest BCUT2D eigenvalue weighted by Crippen LogP contribution is 2.50. The second-order valence-corrected chi connectivity index (χ2v) is 20.7. The van der Waals surface area contributed by atoms with Crippen LogP contribution in [0.5, 0.6) is 0 Å². The quantitative estimate of drug-likeness (QED) is 0.159. The van der Waals surface area contributed by atoms with Crippen LogP contribution in [0.2, 0.25) is 5.54 Å². The molecule has 0 bridgehead atoms. The molecule has 0 aliphatic heterocycles. The molecule has 7 heteroatoms. The van der Waals surface area contributed by atoms with E-state index in [9.17, 15) is 0 Å². The molecule has 0 fully saturated rings. The average molecular weight is 723 g/mol. The van der Waals surface area contributed by atoms with E-state index in [4.69, 9.17) is 0 Å². The first-order valence-electron chi connectivity index (χ1n) is 18.8. The highest BCUT2D eigenvalue weighted by Gasteiger charge is 2.55. The van der Waals surface area contributed by atoms with Gasteiger partial charge in [0.1, 0.15) is 0 Å². The van der Waals surface area contributed by atoms with Gasteiger partial charge in [0.25, 0.3) is 0 Å². The number of allylic oxidation sites excluding steroid dienone is 4. The van der Waals surface area contributed by atoms with Crippen molar-refractivity contribution in [3.63, 3.8) is 0 Å². The van der Waals surface area contributed by atoms with Gasteiger partial charge in [0.05, 0.1) is 0 Å². The van der Waals surface area contributed by atoms with Gasteiger partial charge in [0.15, 0.2) is 8.07 Å². The fourth-order valence-electron chi connectivity index (χ4n) is 9.58. The molecular formula is C45H70N6Si. The van der Waals surface area contributed by atoms with Gasteiger partial charge in [-0.3, -0.25) is 0 Å². The molecule has 0 aromatic heterocycles. The molecule has 0 heterocycles. The maximum absolute atomic E-state index is 3.24. The monoisotopic (exact) mass is 723 g/mol. The maximum atomic E-state index is 2.61. The third-order valence-electron chi connectivity index (χ3n) is 12.6. The van der Waals surface area contributed by atoms with E-state index in [-0.39, 0.29) is 5.54 Å². The molecule has 52 heavy (non-hydrogen) atoms. The Kier molecular flexibility index (Phi) is 11.4. The van der Waals surface area contributed by atoms with Crippen molar-refractivity contribution in [3.8, 4) is 0 Å². The minimum absolute atomic E-state index is 0.190. The SMILES string of the molecule is CC1=C(C)C([Si](c2cc(N(C)C)c(C)c(C)c2N(C)C)(c2cc(N(C)C)c(C)c(C)c2N(C)C)c2cc(N(C)C)c(C)c(C)c2N(C)C)C(C)=C1C. The van der Waals surface area contributed by atoms with Crippen LogP contribution in [0.3, 0.4) is 0 Å². The van der Waals surface area contributed by atoms with Gasteiger partial charge in [0, 0.05) is 124 Å². The summed E-state index contributed by atoms with van der Waals surface area (Å²) in [5, 5.41) is 4.42. The van der Waals surface area contributed by atoms with Crippen LogP contribution < -0.4 is 45.0 Å². The van der Waals surface area contributed by atoms with Crippen LogP contribution in [0, 0.1) is 41.5 Å². The third-order valence-corrected chi connectivity index (χ3v) is 18.0. The molecule has 284 valence electrons. The Bertz CT molecular complexity index is 1750. The zero-order valence-corrected chi connectivity index (χ0v) is 38.0. The minimum atomic E-state index is -3.24. The fourth-order valence-corrected chi connectivity index (χ4v) is 16.6. The Hall–Kier alpha value is -3.84. The second-order valence-electron chi connectivity index (χ2n) is 16.8. The predicted octanol–water partition coefficient (Wildman–Crippen LogP) is 7.46. The van der Waals surface area contributed by atoms with Crippen molar-refractivity contribution in [2.45, 2.75) is 74.8 Å². The molecule has 0 saturated heterocycles. The summed E-state index contributed by atoms with van der Waals surface area (Å²) in [5.41, 5.74) is 22.0. The second kappa shape index (κ2) is 14.5. The van der Waals surface area contributed by atoms with E-state index in [1.165, 1.54) is 105 Å². The summed E-state index contributed by atoms with van der Waals surface area (Å²) >= 11 is 0. The van der Waals surface area contributed by atoms with Crippen LogP contribution in [0.25, 0.3) is 0 Å². The van der Waals surface area contributed by atoms with Crippen molar-refractivity contribution in [2.24, 2.45) is 0 Å². The van der Waals surface area contributed by atoms with Crippen molar-refractivity contribution in [1.29, 1.82) is 0 Å². The summed E-state index contributed by atoms with van der Waals surface area (Å²) in [4.78, 5) is 14.2. The summed E-state index contributed by atoms with van der Waals surface area (Å²) in [6.45, 7) is 23.6. The van der Waals surface area contributed by atoms with Crippen LogP contribution in [0.4, 0.5) is 34.1 Å². The van der Waals surface area contributed by atoms with Gasteiger partial charge in [-0.15, -0.1) is 0 Å². The molecule has 0 radical (unpaired) electrons.